The van der Waals surface area contributed by atoms with Gasteiger partial charge in [-0.05, 0) is 36.2 Å². The Kier molecular flexibility index (Phi) is 6.66. The molecule has 2 aromatic carbocycles. The van der Waals surface area contributed by atoms with Crippen molar-refractivity contribution < 1.29 is 19.2 Å². The zero-order valence-electron chi connectivity index (χ0n) is 16.6. The summed E-state index contributed by atoms with van der Waals surface area (Å²) in [5, 5.41) is 14.3. The lowest BCUT2D eigenvalue weighted by atomic mass is 10.1. The highest BCUT2D eigenvalue weighted by Crippen LogP contribution is 2.32. The summed E-state index contributed by atoms with van der Waals surface area (Å²) in [5.41, 5.74) is 1.28. The molecule has 0 atom stereocenters. The van der Waals surface area contributed by atoms with E-state index in [0.29, 0.717) is 61.5 Å². The largest absolute Gasteiger partial charge is 0.493 e. The number of hydrogen-bond acceptors (Lipinski definition) is 6. The Hall–Kier alpha value is -3.13. The number of nitro groups is 1. The summed E-state index contributed by atoms with van der Waals surface area (Å²) in [6.07, 6.45) is 0. The Balaban J connectivity index is 1.75. The number of anilines is 2. The minimum atomic E-state index is -0.430. The fourth-order valence-electron chi connectivity index (χ4n) is 3.01. The number of carbonyl (C=O) groups is 1. The molecular weight excluding hydrogens is 374 g/mol. The van der Waals surface area contributed by atoms with E-state index in [1.807, 2.05) is 18.7 Å². The summed E-state index contributed by atoms with van der Waals surface area (Å²) >= 11 is 0. The van der Waals surface area contributed by atoms with Crippen molar-refractivity contribution >= 4 is 23.0 Å². The van der Waals surface area contributed by atoms with Crippen LogP contribution in [0.5, 0.6) is 5.75 Å². The number of hydrogen-bond donors (Lipinski definition) is 1. The molecule has 0 saturated carbocycles. The SMILES string of the molecule is CC(C)COc1cccc(C(=O)Nc2ccc(N3CCOCC3)c([N+](=O)[O-])c2)c1. The van der Waals surface area contributed by atoms with Gasteiger partial charge in [0.05, 0.1) is 24.7 Å². The maximum Gasteiger partial charge on any atom is 0.294 e. The molecule has 0 aromatic heterocycles. The molecule has 1 fully saturated rings. The molecule has 0 bridgehead atoms. The quantitative estimate of drug-likeness (QED) is 0.563. The van der Waals surface area contributed by atoms with E-state index in [4.69, 9.17) is 9.47 Å². The number of amides is 1. The van der Waals surface area contributed by atoms with Crippen LogP contribution in [-0.2, 0) is 4.74 Å². The van der Waals surface area contributed by atoms with Crippen LogP contribution >= 0.6 is 0 Å². The Morgan fingerprint density at radius 2 is 2.00 bits per heavy atom. The van der Waals surface area contributed by atoms with Crippen LogP contribution in [0.3, 0.4) is 0 Å². The lowest BCUT2D eigenvalue weighted by Crippen LogP contribution is -2.36. The van der Waals surface area contributed by atoms with Crippen LogP contribution in [0.4, 0.5) is 17.1 Å². The second-order valence-electron chi connectivity index (χ2n) is 7.25. The van der Waals surface area contributed by atoms with Gasteiger partial charge in [0.25, 0.3) is 11.6 Å². The van der Waals surface area contributed by atoms with Crippen molar-refractivity contribution in [3.05, 3.63) is 58.1 Å². The van der Waals surface area contributed by atoms with E-state index in [1.54, 1.807) is 36.4 Å². The molecule has 2 aromatic rings. The highest BCUT2D eigenvalue weighted by Gasteiger charge is 2.22. The lowest BCUT2D eigenvalue weighted by molar-refractivity contribution is -0.384. The number of benzene rings is 2. The normalized spacial score (nSPS) is 14.0. The van der Waals surface area contributed by atoms with Crippen molar-refractivity contribution in [3.63, 3.8) is 0 Å². The van der Waals surface area contributed by atoms with Crippen LogP contribution in [-0.4, -0.2) is 43.7 Å². The first-order valence-corrected chi connectivity index (χ1v) is 9.59. The molecule has 1 saturated heterocycles. The summed E-state index contributed by atoms with van der Waals surface area (Å²) in [6.45, 7) is 6.90. The first kappa shape index (κ1) is 20.6. The summed E-state index contributed by atoms with van der Waals surface area (Å²) in [4.78, 5) is 25.7. The summed E-state index contributed by atoms with van der Waals surface area (Å²) in [5.74, 6) is 0.631. The second kappa shape index (κ2) is 9.38. The molecular formula is C21H25N3O5. The average molecular weight is 399 g/mol. The van der Waals surface area contributed by atoms with E-state index in [2.05, 4.69) is 5.32 Å². The minimum Gasteiger partial charge on any atom is -0.493 e. The molecule has 1 N–H and O–H groups in total. The fourth-order valence-corrected chi connectivity index (χ4v) is 3.01. The Morgan fingerprint density at radius 3 is 2.69 bits per heavy atom. The zero-order chi connectivity index (χ0) is 20.8. The molecule has 0 radical (unpaired) electrons. The molecule has 1 heterocycles. The molecule has 1 aliphatic rings. The maximum absolute atomic E-state index is 12.6. The fraction of sp³-hybridized carbons (Fsp3) is 0.381. The average Bonchev–Trinajstić information content (AvgIpc) is 2.73. The number of carbonyl (C=O) groups excluding carboxylic acids is 1. The number of ether oxygens (including phenoxy) is 2. The van der Waals surface area contributed by atoms with Crippen molar-refractivity contribution in [2.75, 3.05) is 43.1 Å². The standard InChI is InChI=1S/C21H25N3O5/c1-15(2)14-29-18-5-3-4-16(12-18)21(25)22-17-6-7-19(20(13-17)24(26)27)23-8-10-28-11-9-23/h3-7,12-13,15H,8-11,14H2,1-2H3,(H,22,25). The van der Waals surface area contributed by atoms with Crippen molar-refractivity contribution in [1.29, 1.82) is 0 Å². The van der Waals surface area contributed by atoms with Crippen molar-refractivity contribution in [1.82, 2.24) is 0 Å². The van der Waals surface area contributed by atoms with Crippen LogP contribution in [0.2, 0.25) is 0 Å². The van der Waals surface area contributed by atoms with Crippen molar-refractivity contribution in [2.24, 2.45) is 5.92 Å². The van der Waals surface area contributed by atoms with Crippen LogP contribution in [0, 0.1) is 16.0 Å². The monoisotopic (exact) mass is 399 g/mol. The Morgan fingerprint density at radius 1 is 1.24 bits per heavy atom. The first-order valence-electron chi connectivity index (χ1n) is 9.59. The molecule has 154 valence electrons. The molecule has 1 aliphatic heterocycles. The third kappa shape index (κ3) is 5.45. The summed E-state index contributed by atoms with van der Waals surface area (Å²) in [7, 11) is 0. The maximum atomic E-state index is 12.6. The number of nitrogens with one attached hydrogen (secondary N) is 1. The van der Waals surface area contributed by atoms with Gasteiger partial charge in [-0.1, -0.05) is 19.9 Å². The number of nitrogens with zero attached hydrogens (tertiary/aromatic N) is 2. The lowest BCUT2D eigenvalue weighted by Gasteiger charge is -2.28. The van der Waals surface area contributed by atoms with Crippen LogP contribution in [0.25, 0.3) is 0 Å². The Labute approximate surface area is 169 Å². The van der Waals surface area contributed by atoms with Gasteiger partial charge in [-0.2, -0.15) is 0 Å². The van der Waals surface area contributed by atoms with Gasteiger partial charge in [0.1, 0.15) is 11.4 Å². The molecule has 8 nitrogen and oxygen atoms in total. The molecule has 0 unspecified atom stereocenters. The minimum absolute atomic E-state index is 0.0429. The predicted molar refractivity (Wildman–Crippen MR) is 111 cm³/mol. The van der Waals surface area contributed by atoms with Crippen LogP contribution < -0.4 is 15.0 Å². The van der Waals surface area contributed by atoms with Crippen molar-refractivity contribution in [2.45, 2.75) is 13.8 Å². The number of morpholine rings is 1. The molecule has 0 spiro atoms. The predicted octanol–water partition coefficient (Wildman–Crippen LogP) is 3.72. The third-order valence-corrected chi connectivity index (χ3v) is 4.46. The molecule has 3 rings (SSSR count). The van der Waals surface area contributed by atoms with Gasteiger partial charge in [0, 0.05) is 30.4 Å². The third-order valence-electron chi connectivity index (χ3n) is 4.46. The molecule has 8 heteroatoms. The molecule has 29 heavy (non-hydrogen) atoms. The van der Waals surface area contributed by atoms with Gasteiger partial charge < -0.3 is 19.7 Å². The highest BCUT2D eigenvalue weighted by molar-refractivity contribution is 6.04. The number of nitro benzene ring substituents is 1. The smallest absolute Gasteiger partial charge is 0.294 e. The summed E-state index contributed by atoms with van der Waals surface area (Å²) < 4.78 is 11.0. The highest BCUT2D eigenvalue weighted by atomic mass is 16.6. The molecule has 1 amide bonds. The first-order chi connectivity index (χ1) is 13.9. The van der Waals surface area contributed by atoms with E-state index >= 15 is 0 Å². The van der Waals surface area contributed by atoms with Crippen LogP contribution in [0.1, 0.15) is 24.2 Å². The van der Waals surface area contributed by atoms with Crippen LogP contribution in [0.15, 0.2) is 42.5 Å². The van der Waals surface area contributed by atoms with Gasteiger partial charge >= 0.3 is 0 Å². The van der Waals surface area contributed by atoms with Gasteiger partial charge in [0.15, 0.2) is 0 Å². The van der Waals surface area contributed by atoms with Gasteiger partial charge in [-0.3, -0.25) is 14.9 Å². The topological polar surface area (TPSA) is 93.9 Å². The van der Waals surface area contributed by atoms with E-state index < -0.39 is 4.92 Å². The summed E-state index contributed by atoms with van der Waals surface area (Å²) in [6, 6.07) is 11.6. The van der Waals surface area contributed by atoms with Gasteiger partial charge in [-0.15, -0.1) is 0 Å². The van der Waals surface area contributed by atoms with Gasteiger partial charge in [0.2, 0.25) is 0 Å². The second-order valence-corrected chi connectivity index (χ2v) is 7.25. The van der Waals surface area contributed by atoms with E-state index in [-0.39, 0.29) is 11.6 Å². The Bertz CT molecular complexity index is 878. The zero-order valence-corrected chi connectivity index (χ0v) is 16.6. The van der Waals surface area contributed by atoms with Gasteiger partial charge in [-0.25, -0.2) is 0 Å². The van der Waals surface area contributed by atoms with Crippen molar-refractivity contribution in [3.8, 4) is 5.75 Å². The molecule has 0 aliphatic carbocycles. The van der Waals surface area contributed by atoms with E-state index in [1.165, 1.54) is 6.07 Å². The van der Waals surface area contributed by atoms with E-state index in [9.17, 15) is 14.9 Å². The number of rotatable bonds is 7. The van der Waals surface area contributed by atoms with E-state index in [0.717, 1.165) is 0 Å².